The average molecular weight is 325 g/mol. The van der Waals surface area contributed by atoms with Crippen molar-refractivity contribution >= 4 is 33.3 Å². The van der Waals surface area contributed by atoms with Crippen LogP contribution in [0, 0.1) is 17.0 Å². The smallest absolute Gasteiger partial charge is 0.306 e. The van der Waals surface area contributed by atoms with Crippen LogP contribution in [-0.4, -0.2) is 20.5 Å². The number of imidazole rings is 1. The van der Waals surface area contributed by atoms with E-state index < -0.39 is 11.0 Å². The highest BCUT2D eigenvalue weighted by molar-refractivity contribution is 9.10. The van der Waals surface area contributed by atoms with Crippen LogP contribution >= 0.6 is 15.9 Å². The van der Waals surface area contributed by atoms with E-state index in [-0.39, 0.29) is 5.69 Å². The minimum absolute atomic E-state index is 0.0517. The highest BCUT2D eigenvalue weighted by atomic mass is 79.9. The quantitative estimate of drug-likeness (QED) is 0.679. The third kappa shape index (κ3) is 2.79. The normalized spacial score (nSPS) is 10.2. The van der Waals surface area contributed by atoms with Gasteiger partial charge in [0.15, 0.2) is 0 Å². The van der Waals surface area contributed by atoms with Crippen molar-refractivity contribution in [3.05, 3.63) is 51.0 Å². The van der Waals surface area contributed by atoms with Crippen molar-refractivity contribution < 1.29 is 9.72 Å². The van der Waals surface area contributed by atoms with Gasteiger partial charge in [-0.2, -0.15) is 0 Å². The number of carbonyl (C=O) groups excluding carboxylic acids is 1. The number of anilines is 1. The third-order valence-corrected chi connectivity index (χ3v) is 3.12. The lowest BCUT2D eigenvalue weighted by atomic mass is 10.2. The first kappa shape index (κ1) is 13.2. The Hall–Kier alpha value is -2.22. The Bertz CT molecular complexity index is 640. The molecule has 0 bridgehead atoms. The second kappa shape index (κ2) is 5.19. The number of rotatable bonds is 2. The minimum Gasteiger partial charge on any atom is -0.306 e. The molecular weight excluding hydrogens is 316 g/mol. The molecular formula is C11H9BrN4O3. The summed E-state index contributed by atoms with van der Waals surface area (Å²) < 4.78 is 1.81. The van der Waals surface area contributed by atoms with Crippen LogP contribution in [0.2, 0.25) is 0 Å². The van der Waals surface area contributed by atoms with E-state index in [9.17, 15) is 14.9 Å². The van der Waals surface area contributed by atoms with E-state index in [1.54, 1.807) is 13.0 Å². The number of nitrogens with one attached hydrogen (secondary N) is 1. The lowest BCUT2D eigenvalue weighted by Crippen LogP contribution is -2.18. The summed E-state index contributed by atoms with van der Waals surface area (Å²) in [5, 5.41) is 13.4. The van der Waals surface area contributed by atoms with E-state index in [1.165, 1.54) is 29.4 Å². The van der Waals surface area contributed by atoms with Gasteiger partial charge in [0.2, 0.25) is 0 Å². The summed E-state index contributed by atoms with van der Waals surface area (Å²) in [5.74, 6) is 0. The van der Waals surface area contributed by atoms with Crippen molar-refractivity contribution in [2.45, 2.75) is 6.92 Å². The van der Waals surface area contributed by atoms with Gasteiger partial charge < -0.3 is 5.32 Å². The van der Waals surface area contributed by atoms with Crippen LogP contribution in [0.4, 0.5) is 16.2 Å². The predicted octanol–water partition coefficient (Wildman–Crippen LogP) is 2.94. The molecule has 1 aromatic carbocycles. The van der Waals surface area contributed by atoms with E-state index in [1.807, 2.05) is 0 Å². The number of benzene rings is 1. The monoisotopic (exact) mass is 324 g/mol. The molecule has 0 atom stereocenters. The summed E-state index contributed by atoms with van der Waals surface area (Å²) in [7, 11) is 0. The molecule has 2 aromatic rings. The van der Waals surface area contributed by atoms with Gasteiger partial charge in [0.25, 0.3) is 5.69 Å². The number of nitrogens with zero attached hydrogens (tertiary/aromatic N) is 3. The summed E-state index contributed by atoms with van der Waals surface area (Å²) in [4.78, 5) is 25.9. The second-order valence-corrected chi connectivity index (χ2v) is 4.63. The van der Waals surface area contributed by atoms with Crippen LogP contribution in [-0.2, 0) is 0 Å². The first-order valence-corrected chi connectivity index (χ1v) is 6.02. The van der Waals surface area contributed by atoms with E-state index in [2.05, 4.69) is 26.2 Å². The Labute approximate surface area is 116 Å². The van der Waals surface area contributed by atoms with Crippen LogP contribution in [0.15, 0.2) is 35.3 Å². The first-order chi connectivity index (χ1) is 8.99. The van der Waals surface area contributed by atoms with Crippen LogP contribution in [0.3, 0.4) is 0 Å². The SMILES string of the molecule is Cc1cc(Br)c(NC(=O)n2ccnc2)cc1[N+](=O)[O-]. The number of halogens is 1. The van der Waals surface area contributed by atoms with Gasteiger partial charge in [-0.1, -0.05) is 0 Å². The zero-order chi connectivity index (χ0) is 14.0. The molecule has 19 heavy (non-hydrogen) atoms. The standard InChI is InChI=1S/C11H9BrN4O3/c1-7-4-8(12)9(5-10(7)16(18)19)14-11(17)15-3-2-13-6-15/h2-6H,1H3,(H,14,17). The second-order valence-electron chi connectivity index (χ2n) is 3.78. The maximum atomic E-state index is 11.8. The fourth-order valence-electron chi connectivity index (χ4n) is 1.51. The van der Waals surface area contributed by atoms with Gasteiger partial charge in [-0.25, -0.2) is 9.78 Å². The molecule has 0 aliphatic heterocycles. The van der Waals surface area contributed by atoms with Crippen LogP contribution < -0.4 is 5.32 Å². The molecule has 0 saturated heterocycles. The molecule has 7 nitrogen and oxygen atoms in total. The summed E-state index contributed by atoms with van der Waals surface area (Å²) in [5.41, 5.74) is 0.789. The van der Waals surface area contributed by atoms with Gasteiger partial charge in [-0.05, 0) is 28.9 Å². The van der Waals surface area contributed by atoms with Crippen molar-refractivity contribution in [1.82, 2.24) is 9.55 Å². The third-order valence-electron chi connectivity index (χ3n) is 2.46. The molecule has 98 valence electrons. The fraction of sp³-hybridized carbons (Fsp3) is 0.0909. The lowest BCUT2D eigenvalue weighted by Gasteiger charge is -2.08. The Morgan fingerprint density at radius 2 is 2.26 bits per heavy atom. The topological polar surface area (TPSA) is 90.1 Å². The summed E-state index contributed by atoms with van der Waals surface area (Å²) in [6, 6.07) is 2.45. The average Bonchev–Trinajstić information content (AvgIpc) is 2.85. The van der Waals surface area contributed by atoms with Crippen LogP contribution in [0.25, 0.3) is 0 Å². The first-order valence-electron chi connectivity index (χ1n) is 5.23. The van der Waals surface area contributed by atoms with E-state index in [4.69, 9.17) is 0 Å². The zero-order valence-electron chi connectivity index (χ0n) is 9.83. The largest absolute Gasteiger partial charge is 0.331 e. The molecule has 0 radical (unpaired) electrons. The molecule has 0 spiro atoms. The molecule has 0 aliphatic carbocycles. The molecule has 2 rings (SSSR count). The molecule has 0 fully saturated rings. The summed E-state index contributed by atoms with van der Waals surface area (Å²) >= 11 is 3.26. The number of hydrogen-bond donors (Lipinski definition) is 1. The van der Waals surface area contributed by atoms with Crippen LogP contribution in [0.5, 0.6) is 0 Å². The summed E-state index contributed by atoms with van der Waals surface area (Å²) in [6.45, 7) is 1.63. The highest BCUT2D eigenvalue weighted by Gasteiger charge is 2.16. The summed E-state index contributed by atoms with van der Waals surface area (Å²) in [6.07, 6.45) is 4.28. The van der Waals surface area contributed by atoms with Crippen LogP contribution in [0.1, 0.15) is 5.56 Å². The molecule has 1 N–H and O–H groups in total. The van der Waals surface area contributed by atoms with Crippen molar-refractivity contribution in [2.75, 3.05) is 5.32 Å². The Balaban J connectivity index is 2.32. The Morgan fingerprint density at radius 3 is 2.84 bits per heavy atom. The maximum absolute atomic E-state index is 11.8. The molecule has 8 heteroatoms. The number of hydrogen-bond acceptors (Lipinski definition) is 4. The van der Waals surface area contributed by atoms with E-state index >= 15 is 0 Å². The molecule has 0 unspecified atom stereocenters. The lowest BCUT2D eigenvalue weighted by molar-refractivity contribution is -0.385. The van der Waals surface area contributed by atoms with Gasteiger partial charge in [-0.3, -0.25) is 14.7 Å². The van der Waals surface area contributed by atoms with Gasteiger partial charge in [0.05, 0.1) is 10.6 Å². The molecule has 1 amide bonds. The Kier molecular flexibility index (Phi) is 3.61. The number of aromatic nitrogens is 2. The zero-order valence-corrected chi connectivity index (χ0v) is 11.4. The predicted molar refractivity (Wildman–Crippen MR) is 72.2 cm³/mol. The number of carbonyl (C=O) groups is 1. The maximum Gasteiger partial charge on any atom is 0.331 e. The van der Waals surface area contributed by atoms with Gasteiger partial charge in [0.1, 0.15) is 6.33 Å². The van der Waals surface area contributed by atoms with Crippen molar-refractivity contribution in [3.63, 3.8) is 0 Å². The molecule has 1 heterocycles. The highest BCUT2D eigenvalue weighted by Crippen LogP contribution is 2.30. The van der Waals surface area contributed by atoms with Crippen molar-refractivity contribution in [1.29, 1.82) is 0 Å². The fourth-order valence-corrected chi connectivity index (χ4v) is 2.07. The number of amides is 1. The van der Waals surface area contributed by atoms with E-state index in [0.717, 1.165) is 0 Å². The molecule has 0 saturated carbocycles. The molecule has 1 aromatic heterocycles. The molecule has 0 aliphatic rings. The number of aryl methyl sites for hydroxylation is 1. The number of nitro benzene ring substituents is 1. The van der Waals surface area contributed by atoms with Crippen molar-refractivity contribution in [2.24, 2.45) is 0 Å². The van der Waals surface area contributed by atoms with Gasteiger partial charge >= 0.3 is 6.03 Å². The Morgan fingerprint density at radius 1 is 1.53 bits per heavy atom. The number of nitro groups is 1. The van der Waals surface area contributed by atoms with E-state index in [0.29, 0.717) is 15.7 Å². The van der Waals surface area contributed by atoms with Gasteiger partial charge in [-0.15, -0.1) is 0 Å². The minimum atomic E-state index is -0.491. The van der Waals surface area contributed by atoms with Gasteiger partial charge in [0, 0.05) is 28.5 Å². The van der Waals surface area contributed by atoms with Crippen molar-refractivity contribution in [3.8, 4) is 0 Å².